The van der Waals surface area contributed by atoms with Crippen molar-refractivity contribution < 1.29 is 17.9 Å². The molecule has 0 saturated heterocycles. The van der Waals surface area contributed by atoms with Gasteiger partial charge in [-0.3, -0.25) is 0 Å². The second kappa shape index (κ2) is 8.15. The molecule has 0 amide bonds. The Bertz CT molecular complexity index is 916. The zero-order valence-electron chi connectivity index (χ0n) is 15.9. The molecule has 0 N–H and O–H groups in total. The van der Waals surface area contributed by atoms with Gasteiger partial charge in [0, 0.05) is 23.6 Å². The maximum absolute atomic E-state index is 13.0. The fraction of sp³-hybridized carbons (Fsp3) is 0.333. The van der Waals surface area contributed by atoms with Crippen LogP contribution in [0.3, 0.4) is 0 Å². The molecule has 6 heteroatoms. The van der Waals surface area contributed by atoms with E-state index in [1.165, 1.54) is 5.41 Å². The normalized spacial score (nSPS) is 14.7. The second-order valence-electron chi connectivity index (χ2n) is 6.71. The number of aryl methyl sites for hydroxylation is 1. The third kappa shape index (κ3) is 4.90. The van der Waals surface area contributed by atoms with Crippen LogP contribution >= 0.6 is 0 Å². The molecular formula is C21H25NO4S. The Morgan fingerprint density at radius 1 is 1.07 bits per heavy atom. The molecule has 0 radical (unpaired) electrons. The molecule has 144 valence electrons. The Morgan fingerprint density at radius 3 is 2.37 bits per heavy atom. The lowest BCUT2D eigenvalue weighted by atomic mass is 10.2. The first-order chi connectivity index (χ1) is 12.9. The molecule has 1 saturated carbocycles. The van der Waals surface area contributed by atoms with E-state index in [-0.39, 0.29) is 12.6 Å². The van der Waals surface area contributed by atoms with E-state index in [1.807, 2.05) is 37.3 Å². The molecular weight excluding hydrogens is 362 g/mol. The molecule has 5 nitrogen and oxygen atoms in total. The number of sulfonamides is 1. The van der Waals surface area contributed by atoms with E-state index in [0.717, 1.165) is 29.5 Å². The van der Waals surface area contributed by atoms with Gasteiger partial charge in [0.05, 0.1) is 14.2 Å². The fourth-order valence-corrected chi connectivity index (χ4v) is 4.31. The Kier molecular flexibility index (Phi) is 5.87. The van der Waals surface area contributed by atoms with Crippen LogP contribution in [0.25, 0.3) is 6.08 Å². The van der Waals surface area contributed by atoms with Gasteiger partial charge in [-0.25, -0.2) is 8.42 Å². The third-order valence-electron chi connectivity index (χ3n) is 4.60. The summed E-state index contributed by atoms with van der Waals surface area (Å²) in [5.74, 6) is 1.33. The smallest absolute Gasteiger partial charge is 0.236 e. The molecule has 1 aliphatic rings. The van der Waals surface area contributed by atoms with Crippen LogP contribution in [0.4, 0.5) is 0 Å². The monoisotopic (exact) mass is 387 g/mol. The first-order valence-electron chi connectivity index (χ1n) is 8.90. The number of hydrogen-bond acceptors (Lipinski definition) is 4. The predicted octanol–water partition coefficient (Wildman–Crippen LogP) is 3.98. The SMILES string of the molecule is COc1ccc(OC)c(CN(C2CC2)S(=O)(=O)/C=C/c2ccc(C)cc2)c1. The summed E-state index contributed by atoms with van der Waals surface area (Å²) in [5, 5.41) is 1.29. The molecule has 3 rings (SSSR count). The van der Waals surface area contributed by atoms with Crippen molar-refractivity contribution in [1.82, 2.24) is 4.31 Å². The summed E-state index contributed by atoms with van der Waals surface area (Å²) in [6.07, 6.45) is 3.40. The topological polar surface area (TPSA) is 55.8 Å². The van der Waals surface area contributed by atoms with E-state index in [0.29, 0.717) is 11.5 Å². The molecule has 1 fully saturated rings. The van der Waals surface area contributed by atoms with Crippen molar-refractivity contribution in [3.63, 3.8) is 0 Å². The molecule has 0 heterocycles. The number of hydrogen-bond donors (Lipinski definition) is 0. The van der Waals surface area contributed by atoms with Crippen LogP contribution in [0.15, 0.2) is 47.9 Å². The maximum Gasteiger partial charge on any atom is 0.236 e. The zero-order chi connectivity index (χ0) is 19.4. The largest absolute Gasteiger partial charge is 0.497 e. The van der Waals surface area contributed by atoms with Gasteiger partial charge in [-0.2, -0.15) is 4.31 Å². The van der Waals surface area contributed by atoms with Gasteiger partial charge in [0.2, 0.25) is 10.0 Å². The minimum atomic E-state index is -3.55. The quantitative estimate of drug-likeness (QED) is 0.688. The minimum Gasteiger partial charge on any atom is -0.497 e. The van der Waals surface area contributed by atoms with Crippen LogP contribution in [0.1, 0.15) is 29.5 Å². The Balaban J connectivity index is 1.86. The van der Waals surface area contributed by atoms with Crippen molar-refractivity contribution in [3.8, 4) is 11.5 Å². The maximum atomic E-state index is 13.0. The lowest BCUT2D eigenvalue weighted by Crippen LogP contribution is -2.31. The lowest BCUT2D eigenvalue weighted by Gasteiger charge is -2.21. The van der Waals surface area contributed by atoms with E-state index < -0.39 is 10.0 Å². The number of benzene rings is 2. The number of methoxy groups -OCH3 is 2. The van der Waals surface area contributed by atoms with Gasteiger partial charge < -0.3 is 9.47 Å². The molecule has 0 bridgehead atoms. The number of rotatable bonds is 8. The van der Waals surface area contributed by atoms with E-state index in [2.05, 4.69) is 0 Å². The van der Waals surface area contributed by atoms with Gasteiger partial charge in [-0.1, -0.05) is 29.8 Å². The average molecular weight is 388 g/mol. The Hall–Kier alpha value is -2.31. The van der Waals surface area contributed by atoms with Gasteiger partial charge in [0.25, 0.3) is 0 Å². The van der Waals surface area contributed by atoms with Gasteiger partial charge in [-0.15, -0.1) is 0 Å². The molecule has 0 aliphatic heterocycles. The lowest BCUT2D eigenvalue weighted by molar-refractivity contribution is 0.372. The van der Waals surface area contributed by atoms with Gasteiger partial charge in [0.1, 0.15) is 11.5 Å². The average Bonchev–Trinajstić information content (AvgIpc) is 3.50. The van der Waals surface area contributed by atoms with Crippen LogP contribution in [0.5, 0.6) is 11.5 Å². The van der Waals surface area contributed by atoms with Crippen molar-refractivity contribution in [1.29, 1.82) is 0 Å². The summed E-state index contributed by atoms with van der Waals surface area (Å²) in [6, 6.07) is 13.2. The van der Waals surface area contributed by atoms with E-state index in [1.54, 1.807) is 36.7 Å². The molecule has 0 aromatic heterocycles. The highest BCUT2D eigenvalue weighted by molar-refractivity contribution is 7.92. The molecule has 0 spiro atoms. The van der Waals surface area contributed by atoms with Crippen molar-refractivity contribution in [3.05, 3.63) is 64.6 Å². The predicted molar refractivity (Wildman–Crippen MR) is 107 cm³/mol. The van der Waals surface area contributed by atoms with Crippen molar-refractivity contribution in [2.45, 2.75) is 32.4 Å². The van der Waals surface area contributed by atoms with Crippen LogP contribution < -0.4 is 9.47 Å². The first kappa shape index (κ1) is 19.5. The highest BCUT2D eigenvalue weighted by Gasteiger charge is 2.36. The molecule has 2 aromatic rings. The number of nitrogens with zero attached hydrogens (tertiary/aromatic N) is 1. The number of ether oxygens (including phenoxy) is 2. The third-order valence-corrected chi connectivity index (χ3v) is 6.17. The Labute approximate surface area is 161 Å². The second-order valence-corrected chi connectivity index (χ2v) is 8.48. The molecule has 0 atom stereocenters. The highest BCUT2D eigenvalue weighted by atomic mass is 32.2. The standard InChI is InChI=1S/C21H25NO4S/c1-16-4-6-17(7-5-16)12-13-27(23,24)22(19-8-9-19)15-18-14-20(25-2)10-11-21(18)26-3/h4-7,10-14,19H,8-9,15H2,1-3H3/b13-12+. The van der Waals surface area contributed by atoms with Crippen LogP contribution in [0.2, 0.25) is 0 Å². The van der Waals surface area contributed by atoms with Crippen LogP contribution in [0, 0.1) is 6.92 Å². The Morgan fingerprint density at radius 2 is 1.78 bits per heavy atom. The van der Waals surface area contributed by atoms with E-state index in [9.17, 15) is 8.42 Å². The summed E-state index contributed by atoms with van der Waals surface area (Å²) >= 11 is 0. The first-order valence-corrected chi connectivity index (χ1v) is 10.4. The van der Waals surface area contributed by atoms with Gasteiger partial charge in [-0.05, 0) is 49.6 Å². The molecule has 0 unspecified atom stereocenters. The minimum absolute atomic E-state index is 0.0357. The molecule has 1 aliphatic carbocycles. The van der Waals surface area contributed by atoms with E-state index >= 15 is 0 Å². The van der Waals surface area contributed by atoms with Crippen molar-refractivity contribution in [2.75, 3.05) is 14.2 Å². The van der Waals surface area contributed by atoms with Crippen molar-refractivity contribution in [2.24, 2.45) is 0 Å². The zero-order valence-corrected chi connectivity index (χ0v) is 16.7. The summed E-state index contributed by atoms with van der Waals surface area (Å²) in [7, 11) is -0.383. The summed E-state index contributed by atoms with van der Waals surface area (Å²) in [5.41, 5.74) is 2.79. The van der Waals surface area contributed by atoms with Crippen molar-refractivity contribution >= 4 is 16.1 Å². The van der Waals surface area contributed by atoms with Crippen LogP contribution in [-0.2, 0) is 16.6 Å². The highest BCUT2D eigenvalue weighted by Crippen LogP contribution is 2.34. The summed E-state index contributed by atoms with van der Waals surface area (Å²) in [4.78, 5) is 0. The fourth-order valence-electron chi connectivity index (χ4n) is 2.88. The molecule has 2 aromatic carbocycles. The molecule has 27 heavy (non-hydrogen) atoms. The van der Waals surface area contributed by atoms with Crippen LogP contribution in [-0.4, -0.2) is 33.0 Å². The summed E-state index contributed by atoms with van der Waals surface area (Å²) in [6.45, 7) is 2.26. The van der Waals surface area contributed by atoms with E-state index in [4.69, 9.17) is 9.47 Å². The van der Waals surface area contributed by atoms with Gasteiger partial charge >= 0.3 is 0 Å². The van der Waals surface area contributed by atoms with Gasteiger partial charge in [0.15, 0.2) is 0 Å². The summed E-state index contributed by atoms with van der Waals surface area (Å²) < 4.78 is 38.2.